The molecule has 0 aromatic rings. The Hall–Kier alpha value is -0.570. The number of carbonyl (C=O) groups is 1. The minimum Gasteiger partial charge on any atom is -0.465 e. The number of carbonyl (C=O) groups excluding carboxylic acids is 1. The monoisotopic (exact) mass is 187 g/mol. The molecule has 0 fully saturated rings. The van der Waals surface area contributed by atoms with E-state index in [0.29, 0.717) is 6.61 Å². The van der Waals surface area contributed by atoms with Crippen molar-refractivity contribution in [2.45, 2.75) is 46.1 Å². The molecular weight excluding hydrogens is 166 g/mol. The Morgan fingerprint density at radius 1 is 1.38 bits per heavy atom. The van der Waals surface area contributed by atoms with E-state index in [0.717, 1.165) is 25.8 Å². The van der Waals surface area contributed by atoms with Gasteiger partial charge in [0.05, 0.1) is 6.61 Å². The predicted octanol–water partition coefficient (Wildman–Crippen LogP) is 1.72. The van der Waals surface area contributed by atoms with Crippen LogP contribution in [-0.4, -0.2) is 25.2 Å². The first-order chi connectivity index (χ1) is 6.22. The third-order valence-electron chi connectivity index (χ3n) is 1.80. The number of hydrogen-bond donors (Lipinski definition) is 1. The second kappa shape index (κ2) is 8.05. The van der Waals surface area contributed by atoms with Gasteiger partial charge in [-0.05, 0) is 26.3 Å². The fourth-order valence-corrected chi connectivity index (χ4v) is 0.886. The van der Waals surface area contributed by atoms with Gasteiger partial charge in [0.2, 0.25) is 0 Å². The summed E-state index contributed by atoms with van der Waals surface area (Å²) in [6, 6.07) is -0.170. The van der Waals surface area contributed by atoms with Crippen molar-refractivity contribution in [3.63, 3.8) is 0 Å². The average Bonchev–Trinajstić information content (AvgIpc) is 2.14. The van der Waals surface area contributed by atoms with E-state index in [1.807, 2.05) is 6.92 Å². The molecule has 0 radical (unpaired) electrons. The van der Waals surface area contributed by atoms with Crippen LogP contribution >= 0.6 is 0 Å². The highest BCUT2D eigenvalue weighted by atomic mass is 16.5. The lowest BCUT2D eigenvalue weighted by Gasteiger charge is -2.12. The van der Waals surface area contributed by atoms with Gasteiger partial charge in [0.1, 0.15) is 6.04 Å². The summed E-state index contributed by atoms with van der Waals surface area (Å²) in [5.41, 5.74) is 0. The minimum absolute atomic E-state index is 0.137. The van der Waals surface area contributed by atoms with E-state index in [9.17, 15) is 4.79 Å². The third-order valence-corrected chi connectivity index (χ3v) is 1.80. The van der Waals surface area contributed by atoms with Gasteiger partial charge in [-0.3, -0.25) is 4.79 Å². The van der Waals surface area contributed by atoms with Gasteiger partial charge in [0, 0.05) is 0 Å². The lowest BCUT2D eigenvalue weighted by atomic mass is 10.3. The van der Waals surface area contributed by atoms with Crippen molar-refractivity contribution in [1.29, 1.82) is 0 Å². The van der Waals surface area contributed by atoms with Gasteiger partial charge in [0.15, 0.2) is 0 Å². The molecule has 0 aromatic carbocycles. The van der Waals surface area contributed by atoms with Crippen LogP contribution in [0.1, 0.15) is 40.0 Å². The van der Waals surface area contributed by atoms with E-state index in [4.69, 9.17) is 4.74 Å². The van der Waals surface area contributed by atoms with Crippen LogP contribution in [0.3, 0.4) is 0 Å². The number of nitrogens with one attached hydrogen (secondary N) is 1. The highest BCUT2D eigenvalue weighted by Gasteiger charge is 2.11. The molecule has 78 valence electrons. The van der Waals surface area contributed by atoms with Crippen LogP contribution in [0.2, 0.25) is 0 Å². The van der Waals surface area contributed by atoms with Gasteiger partial charge in [-0.15, -0.1) is 0 Å². The Balaban J connectivity index is 3.45. The molecule has 0 aliphatic carbocycles. The molecule has 0 spiro atoms. The van der Waals surface area contributed by atoms with Crippen LogP contribution in [0.5, 0.6) is 0 Å². The van der Waals surface area contributed by atoms with E-state index in [1.54, 1.807) is 0 Å². The SMILES string of the molecule is CCCCOC(=O)C(C)NCCC. The molecule has 0 heterocycles. The molecule has 0 amide bonds. The Bertz CT molecular complexity index is 137. The molecule has 13 heavy (non-hydrogen) atoms. The summed E-state index contributed by atoms with van der Waals surface area (Å²) in [7, 11) is 0. The van der Waals surface area contributed by atoms with E-state index in [1.165, 1.54) is 0 Å². The van der Waals surface area contributed by atoms with Gasteiger partial charge < -0.3 is 10.1 Å². The van der Waals surface area contributed by atoms with Crippen molar-refractivity contribution < 1.29 is 9.53 Å². The van der Waals surface area contributed by atoms with E-state index >= 15 is 0 Å². The van der Waals surface area contributed by atoms with Crippen molar-refractivity contribution in [1.82, 2.24) is 5.32 Å². The number of hydrogen-bond acceptors (Lipinski definition) is 3. The van der Waals surface area contributed by atoms with Crippen molar-refractivity contribution in [3.8, 4) is 0 Å². The summed E-state index contributed by atoms with van der Waals surface area (Å²) >= 11 is 0. The molecule has 0 aromatic heterocycles. The summed E-state index contributed by atoms with van der Waals surface area (Å²) in [4.78, 5) is 11.2. The summed E-state index contributed by atoms with van der Waals surface area (Å²) in [5.74, 6) is -0.137. The molecule has 1 N–H and O–H groups in total. The molecule has 0 rings (SSSR count). The maximum atomic E-state index is 11.2. The highest BCUT2D eigenvalue weighted by molar-refractivity contribution is 5.75. The first kappa shape index (κ1) is 12.4. The Labute approximate surface area is 80.8 Å². The average molecular weight is 187 g/mol. The van der Waals surface area contributed by atoms with Crippen molar-refractivity contribution in [2.75, 3.05) is 13.2 Å². The van der Waals surface area contributed by atoms with Crippen LogP contribution in [0.25, 0.3) is 0 Å². The number of rotatable bonds is 7. The first-order valence-electron chi connectivity index (χ1n) is 5.12. The van der Waals surface area contributed by atoms with Crippen molar-refractivity contribution >= 4 is 5.97 Å². The third kappa shape index (κ3) is 6.58. The summed E-state index contributed by atoms with van der Waals surface area (Å²) in [6.45, 7) is 7.40. The Morgan fingerprint density at radius 2 is 2.08 bits per heavy atom. The molecule has 3 nitrogen and oxygen atoms in total. The van der Waals surface area contributed by atoms with E-state index in [2.05, 4.69) is 19.2 Å². The predicted molar refractivity (Wildman–Crippen MR) is 53.6 cm³/mol. The zero-order chi connectivity index (χ0) is 10.1. The van der Waals surface area contributed by atoms with Crippen LogP contribution in [-0.2, 0) is 9.53 Å². The Kier molecular flexibility index (Phi) is 7.69. The zero-order valence-corrected chi connectivity index (χ0v) is 8.93. The molecule has 0 saturated heterocycles. The number of ether oxygens (including phenoxy) is 1. The van der Waals surface area contributed by atoms with Crippen LogP contribution in [0.4, 0.5) is 0 Å². The lowest BCUT2D eigenvalue weighted by Crippen LogP contribution is -2.35. The van der Waals surface area contributed by atoms with Gasteiger partial charge >= 0.3 is 5.97 Å². The number of esters is 1. The molecule has 3 heteroatoms. The molecular formula is C10H21NO2. The molecule has 0 aliphatic rings. The van der Waals surface area contributed by atoms with Gasteiger partial charge in [-0.25, -0.2) is 0 Å². The van der Waals surface area contributed by atoms with Gasteiger partial charge in [-0.2, -0.15) is 0 Å². The van der Waals surface area contributed by atoms with E-state index < -0.39 is 0 Å². The zero-order valence-electron chi connectivity index (χ0n) is 8.93. The molecule has 1 atom stereocenters. The summed E-state index contributed by atoms with van der Waals surface area (Å²) in [6.07, 6.45) is 3.04. The van der Waals surface area contributed by atoms with Gasteiger partial charge in [-0.1, -0.05) is 20.3 Å². The molecule has 0 bridgehead atoms. The highest BCUT2D eigenvalue weighted by Crippen LogP contribution is 1.92. The minimum atomic E-state index is -0.170. The Morgan fingerprint density at radius 3 is 2.62 bits per heavy atom. The fourth-order valence-electron chi connectivity index (χ4n) is 0.886. The number of unbranched alkanes of at least 4 members (excludes halogenated alkanes) is 1. The maximum absolute atomic E-state index is 11.2. The van der Waals surface area contributed by atoms with Gasteiger partial charge in [0.25, 0.3) is 0 Å². The summed E-state index contributed by atoms with van der Waals surface area (Å²) < 4.78 is 5.04. The van der Waals surface area contributed by atoms with E-state index in [-0.39, 0.29) is 12.0 Å². The second-order valence-corrected chi connectivity index (χ2v) is 3.20. The molecule has 1 unspecified atom stereocenters. The van der Waals surface area contributed by atoms with Crippen LogP contribution in [0.15, 0.2) is 0 Å². The maximum Gasteiger partial charge on any atom is 0.322 e. The van der Waals surface area contributed by atoms with Crippen LogP contribution < -0.4 is 5.32 Å². The second-order valence-electron chi connectivity index (χ2n) is 3.20. The largest absolute Gasteiger partial charge is 0.465 e. The van der Waals surface area contributed by atoms with Crippen molar-refractivity contribution in [2.24, 2.45) is 0 Å². The smallest absolute Gasteiger partial charge is 0.322 e. The van der Waals surface area contributed by atoms with Crippen molar-refractivity contribution in [3.05, 3.63) is 0 Å². The van der Waals surface area contributed by atoms with Crippen LogP contribution in [0, 0.1) is 0 Å². The lowest BCUT2D eigenvalue weighted by molar-refractivity contribution is -0.145. The molecule has 0 saturated carbocycles. The normalized spacial score (nSPS) is 12.5. The molecule has 0 aliphatic heterocycles. The standard InChI is InChI=1S/C10H21NO2/c1-4-6-8-13-10(12)9(3)11-7-5-2/h9,11H,4-8H2,1-3H3. The summed E-state index contributed by atoms with van der Waals surface area (Å²) in [5, 5.41) is 3.08. The quantitative estimate of drug-likeness (QED) is 0.487. The topological polar surface area (TPSA) is 38.3 Å². The fraction of sp³-hybridized carbons (Fsp3) is 0.900. The first-order valence-corrected chi connectivity index (χ1v) is 5.12.